The number of nitrogens with one attached hydrogen (secondary N) is 1. The summed E-state index contributed by atoms with van der Waals surface area (Å²) in [4.78, 5) is 16.9. The van der Waals surface area contributed by atoms with Crippen molar-refractivity contribution in [3.05, 3.63) is 66.0 Å². The van der Waals surface area contributed by atoms with Gasteiger partial charge in [0.2, 0.25) is 5.91 Å². The van der Waals surface area contributed by atoms with Crippen LogP contribution in [-0.2, 0) is 4.79 Å². The predicted octanol–water partition coefficient (Wildman–Crippen LogP) is 2.04. The predicted molar refractivity (Wildman–Crippen MR) is 107 cm³/mol. The molecule has 2 aromatic carbocycles. The van der Waals surface area contributed by atoms with Gasteiger partial charge < -0.3 is 16.1 Å². The maximum atomic E-state index is 12.8. The summed E-state index contributed by atoms with van der Waals surface area (Å²) in [6.45, 7) is 3.25. The topological polar surface area (TPSA) is 88.2 Å². The molecule has 3 rings (SSSR count). The first-order chi connectivity index (χ1) is 12.5. The molecule has 132 valence electrons. The van der Waals surface area contributed by atoms with Crippen LogP contribution < -0.4 is 16.5 Å². The van der Waals surface area contributed by atoms with Crippen molar-refractivity contribution in [1.82, 2.24) is 4.98 Å². The Morgan fingerprint density at radius 3 is 2.77 bits per heavy atom. The number of nitrogens with zero attached hydrogens (tertiary/aromatic N) is 1. The lowest BCUT2D eigenvalue weighted by molar-refractivity contribution is -0.117. The number of pyridine rings is 1. The van der Waals surface area contributed by atoms with Gasteiger partial charge in [-0.15, -0.1) is 0 Å². The van der Waals surface area contributed by atoms with Gasteiger partial charge in [-0.25, -0.2) is 0 Å². The van der Waals surface area contributed by atoms with Crippen LogP contribution in [0.3, 0.4) is 0 Å². The second-order valence-corrected chi connectivity index (χ2v) is 6.51. The molecular weight excluding hydrogens is 325 g/mol. The van der Waals surface area contributed by atoms with Gasteiger partial charge in [0.15, 0.2) is 0 Å². The van der Waals surface area contributed by atoms with E-state index in [1.807, 2.05) is 49.4 Å². The first kappa shape index (κ1) is 18.1. The fourth-order valence-corrected chi connectivity index (χ4v) is 3.11. The number of anilines is 1. The second kappa shape index (κ2) is 7.68. The summed E-state index contributed by atoms with van der Waals surface area (Å²) in [7, 11) is 0. The van der Waals surface area contributed by atoms with Crippen LogP contribution in [0.2, 0.25) is 6.82 Å². The summed E-state index contributed by atoms with van der Waals surface area (Å²) < 4.78 is 0. The normalized spacial score (nSPS) is 12.0. The summed E-state index contributed by atoms with van der Waals surface area (Å²) in [5, 5.41) is 14.9. The zero-order valence-electron chi connectivity index (χ0n) is 14.9. The molecule has 1 atom stereocenters. The van der Waals surface area contributed by atoms with Gasteiger partial charge in [-0.05, 0) is 41.5 Å². The van der Waals surface area contributed by atoms with Crippen LogP contribution >= 0.6 is 0 Å². The van der Waals surface area contributed by atoms with Gasteiger partial charge in [-0.1, -0.05) is 36.7 Å². The highest BCUT2D eigenvalue weighted by molar-refractivity contribution is 6.65. The molecule has 1 unspecified atom stereocenters. The number of rotatable bonds is 5. The van der Waals surface area contributed by atoms with Crippen molar-refractivity contribution in [1.29, 1.82) is 0 Å². The zero-order valence-corrected chi connectivity index (χ0v) is 14.9. The number of amides is 1. The van der Waals surface area contributed by atoms with Gasteiger partial charge in [-0.3, -0.25) is 9.78 Å². The molecule has 0 aliphatic heterocycles. The van der Waals surface area contributed by atoms with Gasteiger partial charge in [0.05, 0.1) is 5.92 Å². The number of hydrogen-bond donors (Lipinski definition) is 3. The van der Waals surface area contributed by atoms with E-state index < -0.39 is 12.8 Å². The fourth-order valence-electron chi connectivity index (χ4n) is 3.11. The van der Waals surface area contributed by atoms with E-state index in [1.165, 1.54) is 0 Å². The Morgan fingerprint density at radius 1 is 1.23 bits per heavy atom. The van der Waals surface area contributed by atoms with E-state index in [0.29, 0.717) is 0 Å². The lowest BCUT2D eigenvalue weighted by Crippen LogP contribution is -2.32. The van der Waals surface area contributed by atoms with Crippen LogP contribution in [0.1, 0.15) is 17.0 Å². The van der Waals surface area contributed by atoms with Crippen LogP contribution in [-0.4, -0.2) is 29.4 Å². The molecule has 0 saturated heterocycles. The van der Waals surface area contributed by atoms with Crippen molar-refractivity contribution >= 4 is 34.7 Å². The Morgan fingerprint density at radius 2 is 2.04 bits per heavy atom. The standard InChI is InChI=1S/C20H22BN3O2/c1-13-3-4-15(10-19(13)21(2)26)18(11-22)20(25)24-17-6-5-16-12-23-8-7-14(16)9-17/h3-10,12,18,26H,11,22H2,1-2H3,(H,24,25). The molecule has 0 aliphatic carbocycles. The summed E-state index contributed by atoms with van der Waals surface area (Å²) in [5.74, 6) is -0.650. The SMILES string of the molecule is CB(O)c1cc(C(CN)C(=O)Nc2ccc3cnccc3c2)ccc1C. The van der Waals surface area contributed by atoms with Crippen LogP contribution in [0.5, 0.6) is 0 Å². The third-order valence-corrected chi connectivity index (χ3v) is 4.62. The van der Waals surface area contributed by atoms with Gasteiger partial charge >= 0.3 is 6.92 Å². The highest BCUT2D eigenvalue weighted by Gasteiger charge is 2.21. The van der Waals surface area contributed by atoms with Crippen LogP contribution in [0, 0.1) is 6.92 Å². The summed E-state index contributed by atoms with van der Waals surface area (Å²) in [6, 6.07) is 13.3. The first-order valence-electron chi connectivity index (χ1n) is 8.63. The second-order valence-electron chi connectivity index (χ2n) is 6.51. The number of aromatic nitrogens is 1. The number of hydrogen-bond acceptors (Lipinski definition) is 4. The maximum absolute atomic E-state index is 12.8. The van der Waals surface area contributed by atoms with Crippen molar-refractivity contribution in [3.8, 4) is 0 Å². The molecule has 0 spiro atoms. The lowest BCUT2D eigenvalue weighted by Gasteiger charge is -2.18. The monoisotopic (exact) mass is 347 g/mol. The van der Waals surface area contributed by atoms with Gasteiger partial charge in [0.25, 0.3) is 0 Å². The molecule has 4 N–H and O–H groups in total. The first-order valence-corrected chi connectivity index (χ1v) is 8.63. The molecule has 26 heavy (non-hydrogen) atoms. The summed E-state index contributed by atoms with van der Waals surface area (Å²) in [6.07, 6.45) is 3.51. The third-order valence-electron chi connectivity index (χ3n) is 4.62. The van der Waals surface area contributed by atoms with Crippen molar-refractivity contribution in [2.45, 2.75) is 19.7 Å². The van der Waals surface area contributed by atoms with Crippen LogP contribution in [0.15, 0.2) is 54.9 Å². The molecule has 5 nitrogen and oxygen atoms in total. The smallest absolute Gasteiger partial charge is 0.320 e. The highest BCUT2D eigenvalue weighted by atomic mass is 16.2. The number of nitrogens with two attached hydrogens (primary N) is 1. The van der Waals surface area contributed by atoms with E-state index in [2.05, 4.69) is 10.3 Å². The molecular formula is C20H22BN3O2. The summed E-state index contributed by atoms with van der Waals surface area (Å²) in [5.41, 5.74) is 9.20. The molecule has 6 heteroatoms. The summed E-state index contributed by atoms with van der Waals surface area (Å²) >= 11 is 0. The van der Waals surface area contributed by atoms with E-state index in [1.54, 1.807) is 19.2 Å². The molecule has 0 radical (unpaired) electrons. The maximum Gasteiger partial charge on any atom is 0.320 e. The van der Waals surface area contributed by atoms with Gasteiger partial charge in [0.1, 0.15) is 0 Å². The Bertz CT molecular complexity index is 943. The van der Waals surface area contributed by atoms with Gasteiger partial charge in [-0.2, -0.15) is 0 Å². The zero-order chi connectivity index (χ0) is 18.7. The highest BCUT2D eigenvalue weighted by Crippen LogP contribution is 2.21. The largest absolute Gasteiger partial charge is 0.446 e. The number of fused-ring (bicyclic) bond motifs is 1. The average molecular weight is 347 g/mol. The number of aryl methyl sites for hydroxylation is 1. The van der Waals surface area contributed by atoms with E-state index in [4.69, 9.17) is 5.73 Å². The molecule has 0 saturated carbocycles. The minimum Gasteiger partial charge on any atom is -0.446 e. The quantitative estimate of drug-likeness (QED) is 0.617. The molecule has 3 aromatic rings. The van der Waals surface area contributed by atoms with Crippen molar-refractivity contribution in [2.75, 3.05) is 11.9 Å². The Balaban J connectivity index is 1.85. The minimum atomic E-state index is -0.592. The molecule has 0 fully saturated rings. The molecule has 1 aromatic heterocycles. The van der Waals surface area contributed by atoms with E-state index >= 15 is 0 Å². The van der Waals surface area contributed by atoms with Crippen LogP contribution in [0.25, 0.3) is 10.8 Å². The van der Waals surface area contributed by atoms with Crippen molar-refractivity contribution in [3.63, 3.8) is 0 Å². The fraction of sp³-hybridized carbons (Fsp3) is 0.200. The van der Waals surface area contributed by atoms with E-state index in [9.17, 15) is 9.82 Å². The number of carbonyl (C=O) groups excluding carboxylic acids is 1. The third kappa shape index (κ3) is 3.76. The molecule has 0 bridgehead atoms. The number of benzene rings is 2. The molecule has 1 heterocycles. The van der Waals surface area contributed by atoms with E-state index in [-0.39, 0.29) is 12.5 Å². The Labute approximate surface area is 153 Å². The lowest BCUT2D eigenvalue weighted by atomic mass is 9.62. The molecule has 0 aliphatic rings. The average Bonchev–Trinajstić information content (AvgIpc) is 2.63. The van der Waals surface area contributed by atoms with Crippen molar-refractivity contribution < 1.29 is 9.82 Å². The number of carbonyl (C=O) groups is 1. The Hall–Kier alpha value is -2.70. The minimum absolute atomic E-state index is 0.165. The van der Waals surface area contributed by atoms with Gasteiger partial charge in [0, 0.05) is 30.0 Å². The van der Waals surface area contributed by atoms with Crippen molar-refractivity contribution in [2.24, 2.45) is 5.73 Å². The van der Waals surface area contributed by atoms with E-state index in [0.717, 1.165) is 33.0 Å². The van der Waals surface area contributed by atoms with Crippen LogP contribution in [0.4, 0.5) is 5.69 Å². The Kier molecular flexibility index (Phi) is 5.35. The molecule has 1 amide bonds.